The number of benzene rings is 2. The molecule has 1 amide bonds. The molecular weight excluding hydrogens is 513 g/mol. The van der Waals surface area contributed by atoms with Crippen molar-refractivity contribution in [3.05, 3.63) is 76.9 Å². The van der Waals surface area contributed by atoms with E-state index in [1.807, 2.05) is 6.92 Å². The van der Waals surface area contributed by atoms with Crippen molar-refractivity contribution in [3.8, 4) is 5.75 Å². The lowest BCUT2D eigenvalue weighted by Gasteiger charge is -2.19. The number of methoxy groups -OCH3 is 1. The molecule has 0 saturated carbocycles. The summed E-state index contributed by atoms with van der Waals surface area (Å²) in [6.45, 7) is 1.86. The first-order valence-corrected chi connectivity index (χ1v) is 12.3. The Kier molecular flexibility index (Phi) is 7.75. The summed E-state index contributed by atoms with van der Waals surface area (Å²) < 4.78 is 46.3. The standard InChI is InChI=1S/C25H22ClF3N4O2S/c1-3-20(23(34)31-17-9-10-21(35-2)18(26)13-17)33-22-19(8-5-11-30-22)32-24(33)36-14-15-6-4-7-16(12-15)25(27,28)29/h4-13,20H,3,14H2,1-2H3,(H,31,34)/t20-/m1/s1. The van der Waals surface area contributed by atoms with Gasteiger partial charge in [0.25, 0.3) is 0 Å². The lowest BCUT2D eigenvalue weighted by Crippen LogP contribution is -2.26. The van der Waals surface area contributed by atoms with Gasteiger partial charge in [-0.2, -0.15) is 13.2 Å². The largest absolute Gasteiger partial charge is 0.495 e. The second-order valence-corrected chi connectivity index (χ2v) is 9.21. The highest BCUT2D eigenvalue weighted by Gasteiger charge is 2.30. The Labute approximate surface area is 214 Å². The molecule has 188 valence electrons. The second-order valence-electron chi connectivity index (χ2n) is 7.86. The maximum atomic E-state index is 13.3. The fraction of sp³-hybridized carbons (Fsp3) is 0.240. The predicted molar refractivity (Wildman–Crippen MR) is 134 cm³/mol. The first-order valence-electron chi connectivity index (χ1n) is 11.0. The summed E-state index contributed by atoms with van der Waals surface area (Å²) in [5, 5.41) is 3.71. The van der Waals surface area contributed by atoms with Crippen LogP contribution in [-0.2, 0) is 16.7 Å². The summed E-state index contributed by atoms with van der Waals surface area (Å²) in [5.74, 6) is 0.420. The van der Waals surface area contributed by atoms with Crippen LogP contribution in [0.3, 0.4) is 0 Å². The Hall–Kier alpha value is -3.24. The van der Waals surface area contributed by atoms with Crippen LogP contribution in [0.2, 0.25) is 5.02 Å². The average molecular weight is 535 g/mol. The van der Waals surface area contributed by atoms with Gasteiger partial charge in [-0.3, -0.25) is 9.36 Å². The van der Waals surface area contributed by atoms with Gasteiger partial charge in [0.1, 0.15) is 17.3 Å². The molecule has 0 saturated heterocycles. The Morgan fingerprint density at radius 2 is 2.00 bits per heavy atom. The van der Waals surface area contributed by atoms with E-state index in [0.29, 0.717) is 44.8 Å². The molecule has 2 aromatic carbocycles. The molecule has 6 nitrogen and oxygen atoms in total. The number of carbonyl (C=O) groups excluding carboxylic acids is 1. The Morgan fingerprint density at radius 3 is 2.69 bits per heavy atom. The number of imidazole rings is 1. The third kappa shape index (κ3) is 5.60. The number of nitrogens with one attached hydrogen (secondary N) is 1. The molecule has 0 radical (unpaired) electrons. The van der Waals surface area contributed by atoms with E-state index in [9.17, 15) is 18.0 Å². The van der Waals surface area contributed by atoms with Crippen molar-refractivity contribution in [2.45, 2.75) is 36.5 Å². The lowest BCUT2D eigenvalue weighted by atomic mass is 10.1. The molecule has 0 aliphatic rings. The zero-order valence-electron chi connectivity index (χ0n) is 19.3. The zero-order valence-corrected chi connectivity index (χ0v) is 20.9. The van der Waals surface area contributed by atoms with E-state index in [1.54, 1.807) is 47.2 Å². The molecule has 4 aromatic rings. The van der Waals surface area contributed by atoms with Gasteiger partial charge in [0.2, 0.25) is 5.91 Å². The van der Waals surface area contributed by atoms with Gasteiger partial charge in [0.15, 0.2) is 10.8 Å². The predicted octanol–water partition coefficient (Wildman–Crippen LogP) is 6.99. The number of pyridine rings is 1. The van der Waals surface area contributed by atoms with E-state index in [-0.39, 0.29) is 11.7 Å². The molecule has 11 heteroatoms. The highest BCUT2D eigenvalue weighted by molar-refractivity contribution is 7.98. The molecule has 0 bridgehead atoms. The number of rotatable bonds is 8. The highest BCUT2D eigenvalue weighted by atomic mass is 35.5. The molecule has 0 spiro atoms. The molecule has 0 fully saturated rings. The number of nitrogens with zero attached hydrogens (tertiary/aromatic N) is 3. The van der Waals surface area contributed by atoms with Crippen LogP contribution in [0.1, 0.15) is 30.5 Å². The number of aromatic nitrogens is 3. The monoisotopic (exact) mass is 534 g/mol. The molecule has 36 heavy (non-hydrogen) atoms. The van der Waals surface area contributed by atoms with Crippen molar-refractivity contribution in [3.63, 3.8) is 0 Å². The van der Waals surface area contributed by atoms with Gasteiger partial charge in [0.05, 0.1) is 17.7 Å². The van der Waals surface area contributed by atoms with E-state index in [4.69, 9.17) is 16.3 Å². The van der Waals surface area contributed by atoms with Crippen molar-refractivity contribution >= 4 is 46.1 Å². The lowest BCUT2D eigenvalue weighted by molar-refractivity contribution is -0.137. The molecule has 2 aromatic heterocycles. The van der Waals surface area contributed by atoms with Gasteiger partial charge >= 0.3 is 6.18 Å². The fourth-order valence-corrected chi connectivity index (χ4v) is 4.98. The van der Waals surface area contributed by atoms with Crippen LogP contribution < -0.4 is 10.1 Å². The van der Waals surface area contributed by atoms with Crippen molar-refractivity contribution in [1.29, 1.82) is 0 Å². The van der Waals surface area contributed by atoms with Gasteiger partial charge < -0.3 is 10.1 Å². The summed E-state index contributed by atoms with van der Waals surface area (Å²) in [4.78, 5) is 22.4. The fourth-order valence-electron chi connectivity index (χ4n) is 3.73. The third-order valence-corrected chi connectivity index (χ3v) is 6.78. The normalized spacial score (nSPS) is 12.5. The number of halogens is 4. The number of fused-ring (bicyclic) bond motifs is 1. The van der Waals surface area contributed by atoms with E-state index in [1.165, 1.54) is 24.9 Å². The van der Waals surface area contributed by atoms with Crippen molar-refractivity contribution in [2.75, 3.05) is 12.4 Å². The van der Waals surface area contributed by atoms with Crippen LogP contribution in [0.5, 0.6) is 5.75 Å². The van der Waals surface area contributed by atoms with Gasteiger partial charge in [-0.1, -0.05) is 48.5 Å². The Bertz CT molecular complexity index is 1390. The number of carbonyl (C=O) groups is 1. The first kappa shape index (κ1) is 25.8. The van der Waals surface area contributed by atoms with Gasteiger partial charge in [-0.15, -0.1) is 0 Å². The maximum Gasteiger partial charge on any atom is 0.416 e. The minimum atomic E-state index is -4.42. The number of thioether (sulfide) groups is 1. The molecule has 2 heterocycles. The van der Waals surface area contributed by atoms with Crippen LogP contribution >= 0.6 is 23.4 Å². The van der Waals surface area contributed by atoms with Crippen LogP contribution in [0, 0.1) is 0 Å². The zero-order chi connectivity index (χ0) is 25.9. The minimum Gasteiger partial charge on any atom is -0.495 e. The Balaban J connectivity index is 1.63. The molecule has 1 atom stereocenters. The molecule has 0 aliphatic heterocycles. The van der Waals surface area contributed by atoms with Gasteiger partial charge in [-0.05, 0) is 48.4 Å². The summed E-state index contributed by atoms with van der Waals surface area (Å²) in [6, 6.07) is 12.9. The van der Waals surface area contributed by atoms with E-state index < -0.39 is 17.8 Å². The molecule has 4 rings (SSSR count). The quantitative estimate of drug-likeness (QED) is 0.247. The number of hydrogen-bond donors (Lipinski definition) is 1. The second kappa shape index (κ2) is 10.8. The van der Waals surface area contributed by atoms with Crippen LogP contribution in [0.4, 0.5) is 18.9 Å². The number of amides is 1. The third-order valence-electron chi connectivity index (χ3n) is 5.46. The van der Waals surface area contributed by atoms with Crippen molar-refractivity contribution in [1.82, 2.24) is 14.5 Å². The number of ether oxygens (including phenoxy) is 1. The summed E-state index contributed by atoms with van der Waals surface area (Å²) >= 11 is 7.44. The van der Waals surface area contributed by atoms with E-state index >= 15 is 0 Å². The van der Waals surface area contributed by atoms with Crippen molar-refractivity contribution in [2.24, 2.45) is 0 Å². The summed E-state index contributed by atoms with van der Waals surface area (Å²) in [5.41, 5.74) is 1.38. The minimum absolute atomic E-state index is 0.235. The van der Waals surface area contributed by atoms with Crippen LogP contribution in [0.15, 0.2) is 66.0 Å². The maximum absolute atomic E-state index is 13.3. The van der Waals surface area contributed by atoms with Crippen LogP contribution in [-0.4, -0.2) is 27.6 Å². The molecule has 0 unspecified atom stereocenters. The van der Waals surface area contributed by atoms with E-state index in [2.05, 4.69) is 15.3 Å². The van der Waals surface area contributed by atoms with Crippen molar-refractivity contribution < 1.29 is 22.7 Å². The van der Waals surface area contributed by atoms with Gasteiger partial charge in [0, 0.05) is 17.6 Å². The summed E-state index contributed by atoms with van der Waals surface area (Å²) in [7, 11) is 1.50. The smallest absolute Gasteiger partial charge is 0.416 e. The molecular formula is C25H22ClF3N4O2S. The van der Waals surface area contributed by atoms with Crippen LogP contribution in [0.25, 0.3) is 11.2 Å². The average Bonchev–Trinajstić information content (AvgIpc) is 3.21. The SMILES string of the molecule is CC[C@H](C(=O)Nc1ccc(OC)c(Cl)c1)n1c(SCc2cccc(C(F)(F)F)c2)nc2cccnc21. The molecule has 1 N–H and O–H groups in total. The number of hydrogen-bond acceptors (Lipinski definition) is 5. The first-order chi connectivity index (χ1) is 17.2. The summed E-state index contributed by atoms with van der Waals surface area (Å²) in [6.07, 6.45) is -2.39. The topological polar surface area (TPSA) is 69.0 Å². The number of alkyl halides is 3. The van der Waals surface area contributed by atoms with E-state index in [0.717, 1.165) is 12.1 Å². The Morgan fingerprint density at radius 1 is 1.19 bits per heavy atom. The molecule has 0 aliphatic carbocycles. The highest BCUT2D eigenvalue weighted by Crippen LogP contribution is 2.34. The number of anilines is 1. The van der Waals surface area contributed by atoms with Gasteiger partial charge in [-0.25, -0.2) is 9.97 Å².